The lowest BCUT2D eigenvalue weighted by molar-refractivity contribution is -0.117. The quantitative estimate of drug-likeness (QED) is 0.753. The van der Waals surface area contributed by atoms with E-state index < -0.39 is 0 Å². The molecular formula is C13H19N3OS. The average molecular weight is 265 g/mol. The summed E-state index contributed by atoms with van der Waals surface area (Å²) in [6.07, 6.45) is 0. The molecule has 0 aliphatic carbocycles. The number of carbonyl (C=O) groups excluding carboxylic acids is 1. The van der Waals surface area contributed by atoms with Crippen molar-refractivity contribution in [1.29, 1.82) is 0 Å². The number of rotatable bonds is 5. The monoisotopic (exact) mass is 265 g/mol. The van der Waals surface area contributed by atoms with Gasteiger partial charge in [0.25, 0.3) is 0 Å². The van der Waals surface area contributed by atoms with E-state index in [0.29, 0.717) is 0 Å². The fourth-order valence-corrected chi connectivity index (χ4v) is 2.76. The zero-order valence-electron chi connectivity index (χ0n) is 10.5. The largest absolute Gasteiger partial charge is 0.325 e. The molecule has 2 rings (SSSR count). The molecule has 1 saturated heterocycles. The first-order valence-electron chi connectivity index (χ1n) is 6.21. The van der Waals surface area contributed by atoms with Crippen LogP contribution in [-0.2, 0) is 11.3 Å². The molecule has 1 heterocycles. The lowest BCUT2D eigenvalue weighted by Crippen LogP contribution is -2.37. The summed E-state index contributed by atoms with van der Waals surface area (Å²) >= 11 is 1.75. The maximum absolute atomic E-state index is 11.9. The number of thioether (sulfide) groups is 1. The van der Waals surface area contributed by atoms with Crippen LogP contribution in [0.3, 0.4) is 0 Å². The number of anilines is 1. The minimum Gasteiger partial charge on any atom is -0.325 e. The third-order valence-electron chi connectivity index (χ3n) is 2.81. The molecule has 1 unspecified atom stereocenters. The zero-order valence-corrected chi connectivity index (χ0v) is 11.3. The van der Waals surface area contributed by atoms with E-state index >= 15 is 0 Å². The molecule has 1 aromatic carbocycles. The van der Waals surface area contributed by atoms with Gasteiger partial charge in [0.15, 0.2) is 0 Å². The van der Waals surface area contributed by atoms with Gasteiger partial charge in [-0.1, -0.05) is 19.1 Å². The van der Waals surface area contributed by atoms with Gasteiger partial charge in [0.1, 0.15) is 0 Å². The van der Waals surface area contributed by atoms with Crippen molar-refractivity contribution in [2.24, 2.45) is 0 Å². The fraction of sp³-hybridized carbons (Fsp3) is 0.462. The molecule has 5 heteroatoms. The van der Waals surface area contributed by atoms with Crippen LogP contribution in [0.25, 0.3) is 0 Å². The number of hydrogen-bond acceptors (Lipinski definition) is 4. The van der Waals surface area contributed by atoms with Crippen LogP contribution in [-0.4, -0.2) is 30.1 Å². The Bertz CT molecular complexity index is 405. The zero-order chi connectivity index (χ0) is 12.8. The molecular weight excluding hydrogens is 246 g/mol. The van der Waals surface area contributed by atoms with Crippen LogP contribution >= 0.6 is 11.8 Å². The van der Waals surface area contributed by atoms with E-state index in [1.54, 1.807) is 11.8 Å². The lowest BCUT2D eigenvalue weighted by atomic mass is 10.2. The Balaban J connectivity index is 1.93. The highest BCUT2D eigenvalue weighted by Gasteiger charge is 2.22. The van der Waals surface area contributed by atoms with Gasteiger partial charge in [-0.25, -0.2) is 0 Å². The summed E-state index contributed by atoms with van der Waals surface area (Å²) in [4.78, 5) is 11.9. The van der Waals surface area contributed by atoms with Gasteiger partial charge < -0.3 is 10.6 Å². The van der Waals surface area contributed by atoms with E-state index in [9.17, 15) is 4.79 Å². The summed E-state index contributed by atoms with van der Waals surface area (Å²) in [5, 5.41) is 9.39. The molecule has 1 atom stereocenters. The van der Waals surface area contributed by atoms with Crippen LogP contribution in [0.4, 0.5) is 5.69 Å². The Labute approximate surface area is 112 Å². The first-order valence-corrected chi connectivity index (χ1v) is 7.36. The Morgan fingerprint density at radius 2 is 2.44 bits per heavy atom. The Kier molecular flexibility index (Phi) is 5.04. The second-order valence-corrected chi connectivity index (χ2v) is 5.27. The van der Waals surface area contributed by atoms with Crippen LogP contribution in [0.1, 0.15) is 12.5 Å². The number of carbonyl (C=O) groups is 1. The van der Waals surface area contributed by atoms with Crippen molar-refractivity contribution in [2.75, 3.05) is 23.5 Å². The molecule has 0 aromatic heterocycles. The summed E-state index contributed by atoms with van der Waals surface area (Å²) in [5.41, 5.74) is 2.05. The molecule has 0 bridgehead atoms. The third-order valence-corrected chi connectivity index (χ3v) is 3.75. The van der Waals surface area contributed by atoms with Crippen molar-refractivity contribution in [2.45, 2.75) is 19.5 Å². The Morgan fingerprint density at radius 3 is 3.17 bits per heavy atom. The minimum atomic E-state index is -0.0626. The predicted molar refractivity (Wildman–Crippen MR) is 76.7 cm³/mol. The molecule has 0 radical (unpaired) electrons. The van der Waals surface area contributed by atoms with Gasteiger partial charge >= 0.3 is 0 Å². The number of amides is 1. The minimum absolute atomic E-state index is 0.0561. The highest BCUT2D eigenvalue weighted by molar-refractivity contribution is 7.99. The SMILES string of the molecule is CCNCc1cccc(NC(=O)C2CSCN2)c1. The van der Waals surface area contributed by atoms with Crippen molar-refractivity contribution < 1.29 is 4.79 Å². The highest BCUT2D eigenvalue weighted by atomic mass is 32.2. The van der Waals surface area contributed by atoms with E-state index in [2.05, 4.69) is 28.9 Å². The number of benzene rings is 1. The number of nitrogens with one attached hydrogen (secondary N) is 3. The van der Waals surface area contributed by atoms with Crippen LogP contribution in [0.5, 0.6) is 0 Å². The highest BCUT2D eigenvalue weighted by Crippen LogP contribution is 2.14. The molecule has 0 spiro atoms. The van der Waals surface area contributed by atoms with Crippen LogP contribution in [0.2, 0.25) is 0 Å². The van der Waals surface area contributed by atoms with Crippen LogP contribution in [0, 0.1) is 0 Å². The van der Waals surface area contributed by atoms with Crippen molar-refractivity contribution in [3.05, 3.63) is 29.8 Å². The molecule has 4 nitrogen and oxygen atoms in total. The van der Waals surface area contributed by atoms with Gasteiger partial charge in [-0.2, -0.15) is 0 Å². The fourth-order valence-electron chi connectivity index (χ4n) is 1.82. The molecule has 1 aliphatic heterocycles. The second-order valence-electron chi connectivity index (χ2n) is 4.24. The maximum atomic E-state index is 11.9. The molecule has 98 valence electrons. The van der Waals surface area contributed by atoms with E-state index in [0.717, 1.165) is 30.4 Å². The Morgan fingerprint density at radius 1 is 1.56 bits per heavy atom. The topological polar surface area (TPSA) is 53.2 Å². The van der Waals surface area contributed by atoms with Crippen LogP contribution in [0.15, 0.2) is 24.3 Å². The molecule has 1 fully saturated rings. The van der Waals surface area contributed by atoms with E-state index in [-0.39, 0.29) is 11.9 Å². The van der Waals surface area contributed by atoms with E-state index in [1.165, 1.54) is 5.56 Å². The van der Waals surface area contributed by atoms with Crippen molar-refractivity contribution in [1.82, 2.24) is 10.6 Å². The summed E-state index contributed by atoms with van der Waals surface area (Å²) < 4.78 is 0. The molecule has 0 saturated carbocycles. The molecule has 1 amide bonds. The van der Waals surface area contributed by atoms with Gasteiger partial charge in [-0.15, -0.1) is 11.8 Å². The first-order chi connectivity index (χ1) is 8.79. The smallest absolute Gasteiger partial charge is 0.242 e. The average Bonchev–Trinajstić information content (AvgIpc) is 2.91. The van der Waals surface area contributed by atoms with Gasteiger partial charge in [0.2, 0.25) is 5.91 Å². The standard InChI is InChI=1S/C13H19N3OS/c1-2-14-7-10-4-3-5-11(6-10)16-13(17)12-8-18-9-15-12/h3-6,12,14-15H,2,7-9H2,1H3,(H,16,17). The molecule has 18 heavy (non-hydrogen) atoms. The van der Waals surface area contributed by atoms with Crippen LogP contribution < -0.4 is 16.0 Å². The predicted octanol–water partition coefficient (Wildman–Crippen LogP) is 1.40. The summed E-state index contributed by atoms with van der Waals surface area (Å²) in [5.74, 6) is 1.77. The van der Waals surface area contributed by atoms with E-state index in [4.69, 9.17) is 0 Å². The van der Waals surface area contributed by atoms with Gasteiger partial charge in [-0.3, -0.25) is 10.1 Å². The van der Waals surface area contributed by atoms with Crippen molar-refractivity contribution in [3.8, 4) is 0 Å². The van der Waals surface area contributed by atoms with Crippen molar-refractivity contribution in [3.63, 3.8) is 0 Å². The third kappa shape index (κ3) is 3.73. The maximum Gasteiger partial charge on any atom is 0.242 e. The first kappa shape index (κ1) is 13.4. The summed E-state index contributed by atoms with van der Waals surface area (Å²) in [6.45, 7) is 3.85. The number of hydrogen-bond donors (Lipinski definition) is 3. The lowest BCUT2D eigenvalue weighted by Gasteiger charge is -2.11. The molecule has 1 aliphatic rings. The van der Waals surface area contributed by atoms with E-state index in [1.807, 2.05) is 18.2 Å². The normalized spacial score (nSPS) is 18.8. The summed E-state index contributed by atoms with van der Waals surface area (Å²) in [6, 6.07) is 7.91. The molecule has 1 aromatic rings. The Hall–Kier alpha value is -1.04. The second kappa shape index (κ2) is 6.78. The van der Waals surface area contributed by atoms with Gasteiger partial charge in [-0.05, 0) is 24.2 Å². The van der Waals surface area contributed by atoms with Crippen molar-refractivity contribution >= 4 is 23.4 Å². The molecule has 3 N–H and O–H groups in total. The van der Waals surface area contributed by atoms with Gasteiger partial charge in [0.05, 0.1) is 6.04 Å². The van der Waals surface area contributed by atoms with Gasteiger partial charge in [0, 0.05) is 23.9 Å². The summed E-state index contributed by atoms with van der Waals surface area (Å²) in [7, 11) is 0.